The number of benzene rings is 1. The van der Waals surface area contributed by atoms with Gasteiger partial charge in [0.1, 0.15) is 0 Å². The summed E-state index contributed by atoms with van der Waals surface area (Å²) in [5.74, 6) is -0.0294. The Hall–Kier alpha value is -1.92. The molecule has 6 heteroatoms. The van der Waals surface area contributed by atoms with Crippen LogP contribution in [0.25, 0.3) is 0 Å². The monoisotopic (exact) mass is 399 g/mol. The average Bonchev–Trinajstić information content (AvgIpc) is 2.75. The van der Waals surface area contributed by atoms with Gasteiger partial charge in [0.15, 0.2) is 5.16 Å². The summed E-state index contributed by atoms with van der Waals surface area (Å²) >= 11 is 1.55. The molecule has 5 nitrogen and oxygen atoms in total. The number of carbonyl (C=O) groups is 1. The van der Waals surface area contributed by atoms with Crippen molar-refractivity contribution in [1.82, 2.24) is 14.9 Å². The predicted octanol–water partition coefficient (Wildman–Crippen LogP) is 3.98. The molecule has 0 N–H and O–H groups in total. The first-order valence-corrected chi connectivity index (χ1v) is 11.2. The Kier molecular flexibility index (Phi) is 7.45. The van der Waals surface area contributed by atoms with Crippen LogP contribution in [0.2, 0.25) is 0 Å². The summed E-state index contributed by atoms with van der Waals surface area (Å²) in [6.45, 7) is 4.92. The van der Waals surface area contributed by atoms with Gasteiger partial charge in [-0.05, 0) is 57.5 Å². The maximum absolute atomic E-state index is 12.8. The molecule has 1 aliphatic rings. The second-order valence-electron chi connectivity index (χ2n) is 7.34. The van der Waals surface area contributed by atoms with Crippen molar-refractivity contribution in [2.75, 3.05) is 26.0 Å². The van der Waals surface area contributed by atoms with Crippen LogP contribution in [0.1, 0.15) is 37.3 Å². The summed E-state index contributed by atoms with van der Waals surface area (Å²) in [6, 6.07) is 10.4. The van der Waals surface area contributed by atoms with Gasteiger partial charge in [0.25, 0.3) is 0 Å². The zero-order chi connectivity index (χ0) is 19.8. The largest absolute Gasteiger partial charge is 0.466 e. The van der Waals surface area contributed by atoms with Crippen LogP contribution in [0.3, 0.4) is 0 Å². The van der Waals surface area contributed by atoms with Gasteiger partial charge < -0.3 is 4.74 Å². The quantitative estimate of drug-likeness (QED) is 0.380. The molecule has 1 saturated heterocycles. The third kappa shape index (κ3) is 5.32. The molecule has 150 valence electrons. The van der Waals surface area contributed by atoms with Gasteiger partial charge in [0.2, 0.25) is 0 Å². The van der Waals surface area contributed by atoms with E-state index in [0.717, 1.165) is 56.0 Å². The van der Waals surface area contributed by atoms with Crippen molar-refractivity contribution in [2.45, 2.75) is 44.3 Å². The van der Waals surface area contributed by atoms with Crippen LogP contribution < -0.4 is 0 Å². The lowest BCUT2D eigenvalue weighted by atomic mass is 9.74. The fourth-order valence-electron chi connectivity index (χ4n) is 3.80. The fraction of sp³-hybridized carbons (Fsp3) is 0.500. The smallest absolute Gasteiger partial charge is 0.312 e. The number of nitrogens with zero attached hydrogens (tertiary/aromatic N) is 3. The van der Waals surface area contributed by atoms with Crippen LogP contribution >= 0.6 is 11.8 Å². The van der Waals surface area contributed by atoms with Crippen LogP contribution in [-0.4, -0.2) is 46.8 Å². The zero-order valence-electron chi connectivity index (χ0n) is 16.8. The Balaban J connectivity index is 1.61. The molecule has 0 atom stereocenters. The number of hydrogen-bond acceptors (Lipinski definition) is 6. The number of esters is 1. The van der Waals surface area contributed by atoms with E-state index < -0.39 is 0 Å². The van der Waals surface area contributed by atoms with Gasteiger partial charge in [-0.3, -0.25) is 9.69 Å². The second-order valence-corrected chi connectivity index (χ2v) is 8.11. The molecule has 0 bridgehead atoms. The molecule has 0 aliphatic carbocycles. The maximum atomic E-state index is 12.8. The molecule has 0 unspecified atom stereocenters. The van der Waals surface area contributed by atoms with Crippen molar-refractivity contribution in [3.05, 3.63) is 53.9 Å². The van der Waals surface area contributed by atoms with Crippen LogP contribution in [0.5, 0.6) is 0 Å². The SMILES string of the molecule is CCOC(=O)C1(CCc2ccccc2)CCN(Cc2cnc(SC)nc2)CC1. The molecule has 2 heterocycles. The van der Waals surface area contributed by atoms with Gasteiger partial charge in [0.05, 0.1) is 12.0 Å². The second kappa shape index (κ2) is 10.0. The fourth-order valence-corrected chi connectivity index (χ4v) is 4.11. The Morgan fingerprint density at radius 2 is 1.82 bits per heavy atom. The lowest BCUT2D eigenvalue weighted by Crippen LogP contribution is -2.45. The molecule has 0 saturated carbocycles. The number of rotatable bonds is 8. The number of aryl methyl sites for hydroxylation is 1. The molecular formula is C22H29N3O2S. The lowest BCUT2D eigenvalue weighted by Gasteiger charge is -2.40. The first kappa shape index (κ1) is 20.8. The highest BCUT2D eigenvalue weighted by Crippen LogP contribution is 2.38. The number of ether oxygens (including phenoxy) is 1. The van der Waals surface area contributed by atoms with Crippen LogP contribution in [-0.2, 0) is 22.5 Å². The van der Waals surface area contributed by atoms with Gasteiger partial charge in [-0.15, -0.1) is 0 Å². The van der Waals surface area contributed by atoms with Gasteiger partial charge in [-0.2, -0.15) is 0 Å². The molecule has 1 fully saturated rings. The average molecular weight is 400 g/mol. The van der Waals surface area contributed by atoms with Crippen LogP contribution in [0, 0.1) is 5.41 Å². The van der Waals surface area contributed by atoms with E-state index >= 15 is 0 Å². The summed E-state index contributed by atoms with van der Waals surface area (Å²) in [4.78, 5) is 23.9. The molecule has 28 heavy (non-hydrogen) atoms. The van der Waals surface area contributed by atoms with Crippen molar-refractivity contribution in [2.24, 2.45) is 5.41 Å². The van der Waals surface area contributed by atoms with E-state index in [4.69, 9.17) is 4.74 Å². The third-order valence-electron chi connectivity index (χ3n) is 5.53. The molecule has 0 spiro atoms. The summed E-state index contributed by atoms with van der Waals surface area (Å²) in [6.07, 6.45) is 9.20. The van der Waals surface area contributed by atoms with E-state index in [1.54, 1.807) is 11.8 Å². The molecule has 1 aromatic heterocycles. The number of carbonyl (C=O) groups excluding carboxylic acids is 1. The van der Waals surface area contributed by atoms with E-state index in [1.807, 2.05) is 31.6 Å². The molecule has 2 aromatic rings. The normalized spacial score (nSPS) is 16.6. The van der Waals surface area contributed by atoms with Gasteiger partial charge in [0, 0.05) is 24.5 Å². The molecule has 1 aliphatic heterocycles. The standard InChI is InChI=1S/C22H29N3O2S/c1-3-27-20(26)22(10-9-18-7-5-4-6-8-18)11-13-25(14-12-22)17-19-15-23-21(28-2)24-16-19/h4-8,15-16H,3,9-14,17H2,1-2H3. The number of thioether (sulfide) groups is 1. The summed E-state index contributed by atoms with van der Waals surface area (Å²) in [5, 5.41) is 0.796. The number of hydrogen-bond donors (Lipinski definition) is 0. The summed E-state index contributed by atoms with van der Waals surface area (Å²) in [7, 11) is 0. The topological polar surface area (TPSA) is 55.3 Å². The number of likely N-dealkylation sites (tertiary alicyclic amines) is 1. The van der Waals surface area contributed by atoms with E-state index in [1.165, 1.54) is 5.56 Å². The Morgan fingerprint density at radius 3 is 2.43 bits per heavy atom. The molecule has 3 rings (SSSR count). The highest BCUT2D eigenvalue weighted by Gasteiger charge is 2.42. The maximum Gasteiger partial charge on any atom is 0.312 e. The van der Waals surface area contributed by atoms with Gasteiger partial charge in [-0.25, -0.2) is 9.97 Å². The van der Waals surface area contributed by atoms with Crippen LogP contribution in [0.15, 0.2) is 47.9 Å². The Morgan fingerprint density at radius 1 is 1.14 bits per heavy atom. The number of aromatic nitrogens is 2. The minimum absolute atomic E-state index is 0.0294. The predicted molar refractivity (Wildman–Crippen MR) is 112 cm³/mol. The van der Waals surface area contributed by atoms with Crippen molar-refractivity contribution in [1.29, 1.82) is 0 Å². The van der Waals surface area contributed by atoms with Gasteiger partial charge in [-0.1, -0.05) is 42.1 Å². The van der Waals surface area contributed by atoms with Crippen molar-refractivity contribution < 1.29 is 9.53 Å². The molecule has 0 amide bonds. The van der Waals surface area contributed by atoms with Crippen molar-refractivity contribution >= 4 is 17.7 Å². The Labute approximate surface area is 171 Å². The molecular weight excluding hydrogens is 370 g/mol. The lowest BCUT2D eigenvalue weighted by molar-refractivity contribution is -0.159. The third-order valence-corrected chi connectivity index (χ3v) is 6.10. The highest BCUT2D eigenvalue weighted by atomic mass is 32.2. The molecule has 1 aromatic carbocycles. The number of piperidine rings is 1. The van der Waals surface area contributed by atoms with E-state index in [-0.39, 0.29) is 11.4 Å². The van der Waals surface area contributed by atoms with E-state index in [0.29, 0.717) is 6.61 Å². The van der Waals surface area contributed by atoms with Crippen molar-refractivity contribution in [3.63, 3.8) is 0 Å². The zero-order valence-corrected chi connectivity index (χ0v) is 17.6. The minimum Gasteiger partial charge on any atom is -0.466 e. The van der Waals surface area contributed by atoms with E-state index in [2.05, 4.69) is 39.1 Å². The van der Waals surface area contributed by atoms with Crippen molar-refractivity contribution in [3.8, 4) is 0 Å². The summed E-state index contributed by atoms with van der Waals surface area (Å²) < 4.78 is 5.47. The molecule has 0 radical (unpaired) electrons. The van der Waals surface area contributed by atoms with Crippen LogP contribution in [0.4, 0.5) is 0 Å². The minimum atomic E-state index is -0.373. The highest BCUT2D eigenvalue weighted by molar-refractivity contribution is 7.98. The Bertz CT molecular complexity index is 744. The van der Waals surface area contributed by atoms with Gasteiger partial charge >= 0.3 is 5.97 Å². The van der Waals surface area contributed by atoms with E-state index in [9.17, 15) is 4.79 Å². The first-order chi connectivity index (χ1) is 13.6. The summed E-state index contributed by atoms with van der Waals surface area (Å²) in [5.41, 5.74) is 2.02. The first-order valence-electron chi connectivity index (χ1n) is 9.93.